The van der Waals surface area contributed by atoms with Crippen LogP contribution in [-0.4, -0.2) is 16.2 Å². The molecule has 0 radical (unpaired) electrons. The molecular weight excluding hydrogens is 415 g/mol. The topological polar surface area (TPSA) is 46.3 Å². The van der Waals surface area contributed by atoms with E-state index in [1.54, 1.807) is 12.1 Å². The summed E-state index contributed by atoms with van der Waals surface area (Å²) < 4.78 is 48.2. The number of nitrogens with zero attached hydrogens (tertiary/aromatic N) is 1. The maximum absolute atomic E-state index is 14.9. The molecule has 4 rings (SSSR count). The third-order valence-corrected chi connectivity index (χ3v) is 5.50. The van der Waals surface area contributed by atoms with Crippen LogP contribution in [0.2, 0.25) is 0 Å². The molecule has 1 heterocycles. The molecule has 0 aliphatic carbocycles. The first kappa shape index (κ1) is 21.8. The molecule has 0 bridgehead atoms. The van der Waals surface area contributed by atoms with E-state index in [1.807, 2.05) is 42.5 Å². The minimum atomic E-state index is -3.43. The molecule has 0 fully saturated rings. The zero-order chi connectivity index (χ0) is 22.7. The van der Waals surface area contributed by atoms with E-state index in [1.165, 1.54) is 31.2 Å². The summed E-state index contributed by atoms with van der Waals surface area (Å²) in [6.07, 6.45) is -2.69. The van der Waals surface area contributed by atoms with Gasteiger partial charge < -0.3 is 9.63 Å². The lowest BCUT2D eigenvalue weighted by Crippen LogP contribution is -2.27. The molecule has 0 aliphatic heterocycles. The first-order valence-electron chi connectivity index (χ1n) is 10.3. The standard InChI is InChI=1S/C26H22F3NO2/c1-17-23(25(31)26(28,29)16-15-18-7-13-22(27)14-8-18)24(32-30-17)21-11-9-20(10-12-21)19-5-3-2-4-6-19/h2-14,25,31H,15-16H2,1H3. The summed E-state index contributed by atoms with van der Waals surface area (Å²) in [7, 11) is 0. The third kappa shape index (κ3) is 4.60. The molecule has 6 heteroatoms. The first-order chi connectivity index (χ1) is 15.3. The quantitative estimate of drug-likeness (QED) is 0.348. The summed E-state index contributed by atoms with van der Waals surface area (Å²) in [5, 5.41) is 14.4. The number of hydrogen-bond acceptors (Lipinski definition) is 3. The largest absolute Gasteiger partial charge is 0.382 e. The van der Waals surface area contributed by atoms with Gasteiger partial charge in [0.15, 0.2) is 5.76 Å². The Kier molecular flexibility index (Phi) is 6.15. The maximum Gasteiger partial charge on any atom is 0.278 e. The second-order valence-corrected chi connectivity index (χ2v) is 7.74. The minimum Gasteiger partial charge on any atom is -0.382 e. The van der Waals surface area contributed by atoms with Crippen molar-refractivity contribution in [3.05, 3.63) is 102 Å². The van der Waals surface area contributed by atoms with Crippen LogP contribution in [0.5, 0.6) is 0 Å². The van der Waals surface area contributed by atoms with Crippen molar-refractivity contribution in [3.63, 3.8) is 0 Å². The third-order valence-electron chi connectivity index (χ3n) is 5.50. The molecule has 3 nitrogen and oxygen atoms in total. The van der Waals surface area contributed by atoms with Crippen molar-refractivity contribution in [2.45, 2.75) is 31.8 Å². The monoisotopic (exact) mass is 437 g/mol. The first-order valence-corrected chi connectivity index (χ1v) is 10.3. The predicted molar refractivity (Wildman–Crippen MR) is 117 cm³/mol. The second-order valence-electron chi connectivity index (χ2n) is 7.74. The van der Waals surface area contributed by atoms with Crippen LogP contribution < -0.4 is 0 Å². The minimum absolute atomic E-state index is 0.00419. The average Bonchev–Trinajstić information content (AvgIpc) is 3.20. The number of halogens is 3. The lowest BCUT2D eigenvalue weighted by molar-refractivity contribution is -0.115. The van der Waals surface area contributed by atoms with Crippen molar-refractivity contribution in [1.82, 2.24) is 5.16 Å². The number of aryl methyl sites for hydroxylation is 2. The fourth-order valence-electron chi connectivity index (χ4n) is 3.66. The van der Waals surface area contributed by atoms with E-state index in [-0.39, 0.29) is 23.4 Å². The molecule has 164 valence electrons. The van der Waals surface area contributed by atoms with Crippen LogP contribution in [0.25, 0.3) is 22.5 Å². The SMILES string of the molecule is Cc1noc(-c2ccc(-c3ccccc3)cc2)c1C(O)C(F)(F)CCc1ccc(F)cc1. The van der Waals surface area contributed by atoms with Gasteiger partial charge in [0.1, 0.15) is 11.9 Å². The number of aliphatic hydroxyl groups is 1. The summed E-state index contributed by atoms with van der Waals surface area (Å²) in [4.78, 5) is 0. The molecule has 4 aromatic rings. The van der Waals surface area contributed by atoms with Gasteiger partial charge in [0.2, 0.25) is 0 Å². The van der Waals surface area contributed by atoms with Gasteiger partial charge in [-0.05, 0) is 42.2 Å². The highest BCUT2D eigenvalue weighted by atomic mass is 19.3. The number of rotatable bonds is 7. The Morgan fingerprint density at radius 3 is 2.12 bits per heavy atom. The van der Waals surface area contributed by atoms with E-state index >= 15 is 0 Å². The number of benzene rings is 3. The summed E-state index contributed by atoms with van der Waals surface area (Å²) in [5.41, 5.74) is 3.30. The Morgan fingerprint density at radius 2 is 1.47 bits per heavy atom. The molecule has 1 aromatic heterocycles. The van der Waals surface area contributed by atoms with Gasteiger partial charge in [-0.25, -0.2) is 13.2 Å². The summed E-state index contributed by atoms with van der Waals surface area (Å²) in [6, 6.07) is 22.4. The van der Waals surface area contributed by atoms with Gasteiger partial charge in [-0.2, -0.15) is 0 Å². The number of aromatic nitrogens is 1. The van der Waals surface area contributed by atoms with Gasteiger partial charge >= 0.3 is 0 Å². The Hall–Kier alpha value is -3.38. The molecule has 0 aliphatic rings. The highest BCUT2D eigenvalue weighted by Crippen LogP contribution is 2.41. The Labute approximate surface area is 184 Å². The van der Waals surface area contributed by atoms with Gasteiger partial charge in [-0.3, -0.25) is 0 Å². The van der Waals surface area contributed by atoms with Gasteiger partial charge in [0.05, 0.1) is 11.3 Å². The normalized spacial score (nSPS) is 12.7. The second kappa shape index (κ2) is 9.01. The highest BCUT2D eigenvalue weighted by Gasteiger charge is 2.42. The van der Waals surface area contributed by atoms with Crippen LogP contribution >= 0.6 is 0 Å². The van der Waals surface area contributed by atoms with Gasteiger partial charge in [-0.1, -0.05) is 71.9 Å². The maximum atomic E-state index is 14.9. The van der Waals surface area contributed by atoms with E-state index in [0.29, 0.717) is 11.1 Å². The van der Waals surface area contributed by atoms with Crippen molar-refractivity contribution in [3.8, 4) is 22.5 Å². The van der Waals surface area contributed by atoms with E-state index in [0.717, 1.165) is 11.1 Å². The van der Waals surface area contributed by atoms with Crippen molar-refractivity contribution < 1.29 is 22.8 Å². The highest BCUT2D eigenvalue weighted by molar-refractivity contribution is 5.70. The van der Waals surface area contributed by atoms with Gasteiger partial charge in [0, 0.05) is 12.0 Å². The zero-order valence-electron chi connectivity index (χ0n) is 17.4. The van der Waals surface area contributed by atoms with E-state index < -0.39 is 24.3 Å². The fourth-order valence-corrected chi connectivity index (χ4v) is 3.66. The van der Waals surface area contributed by atoms with Gasteiger partial charge in [0.25, 0.3) is 5.92 Å². The molecular formula is C26H22F3NO2. The van der Waals surface area contributed by atoms with Crippen LogP contribution in [0, 0.1) is 12.7 Å². The van der Waals surface area contributed by atoms with Crippen LogP contribution in [0.1, 0.15) is 29.3 Å². The molecule has 3 aromatic carbocycles. The number of hydrogen-bond donors (Lipinski definition) is 1. The van der Waals surface area contributed by atoms with Crippen molar-refractivity contribution >= 4 is 0 Å². The average molecular weight is 437 g/mol. The lowest BCUT2D eigenvalue weighted by Gasteiger charge is -2.23. The van der Waals surface area contributed by atoms with E-state index in [4.69, 9.17) is 4.52 Å². The molecule has 1 unspecified atom stereocenters. The van der Waals surface area contributed by atoms with E-state index in [2.05, 4.69) is 5.16 Å². The summed E-state index contributed by atoms with van der Waals surface area (Å²) in [6.45, 7) is 1.53. The number of aliphatic hydroxyl groups excluding tert-OH is 1. The molecule has 32 heavy (non-hydrogen) atoms. The smallest absolute Gasteiger partial charge is 0.278 e. The van der Waals surface area contributed by atoms with E-state index in [9.17, 15) is 18.3 Å². The molecule has 0 saturated carbocycles. The summed E-state index contributed by atoms with van der Waals surface area (Å²) >= 11 is 0. The van der Waals surface area contributed by atoms with Crippen LogP contribution in [0.4, 0.5) is 13.2 Å². The van der Waals surface area contributed by atoms with Crippen molar-refractivity contribution in [2.24, 2.45) is 0 Å². The molecule has 0 amide bonds. The fraction of sp³-hybridized carbons (Fsp3) is 0.192. The number of alkyl halides is 2. The van der Waals surface area contributed by atoms with Crippen molar-refractivity contribution in [1.29, 1.82) is 0 Å². The van der Waals surface area contributed by atoms with Crippen molar-refractivity contribution in [2.75, 3.05) is 0 Å². The van der Waals surface area contributed by atoms with Gasteiger partial charge in [-0.15, -0.1) is 0 Å². The zero-order valence-corrected chi connectivity index (χ0v) is 17.4. The van der Waals surface area contributed by atoms with Crippen LogP contribution in [-0.2, 0) is 6.42 Å². The summed E-state index contributed by atoms with van der Waals surface area (Å²) in [5.74, 6) is -3.73. The Balaban J connectivity index is 1.56. The van der Waals surface area contributed by atoms with Crippen LogP contribution in [0.15, 0.2) is 83.4 Å². The lowest BCUT2D eigenvalue weighted by atomic mass is 9.94. The Bertz CT molecular complexity index is 1170. The Morgan fingerprint density at radius 1 is 0.875 bits per heavy atom. The molecule has 1 N–H and O–H groups in total. The molecule has 1 atom stereocenters. The molecule has 0 spiro atoms. The molecule has 0 saturated heterocycles. The predicted octanol–water partition coefficient (Wildman–Crippen LogP) is 6.76. The van der Waals surface area contributed by atoms with Crippen LogP contribution in [0.3, 0.4) is 0 Å².